The number of anilines is 1. The third-order valence-corrected chi connectivity index (χ3v) is 6.49. The van der Waals surface area contributed by atoms with E-state index in [0.29, 0.717) is 17.4 Å². The van der Waals surface area contributed by atoms with Gasteiger partial charge in [0.25, 0.3) is 0 Å². The SMILES string of the molecule is CO[C@H](C)[C@@]12C[C@H](C)C[C@@H](C1)N2C(=O)Nc1ccc(C)c(-c2ncc(F)cn2)c1. The molecule has 0 unspecified atom stereocenters. The van der Waals surface area contributed by atoms with Gasteiger partial charge in [-0.25, -0.2) is 19.2 Å². The van der Waals surface area contributed by atoms with E-state index in [0.717, 1.165) is 42.8 Å². The smallest absolute Gasteiger partial charge is 0.322 e. The summed E-state index contributed by atoms with van der Waals surface area (Å²) in [6.07, 6.45) is 5.23. The highest BCUT2D eigenvalue weighted by Gasteiger charge is 2.61. The van der Waals surface area contributed by atoms with E-state index in [9.17, 15) is 9.18 Å². The van der Waals surface area contributed by atoms with Gasteiger partial charge < -0.3 is 15.0 Å². The molecule has 1 N–H and O–H groups in total. The minimum atomic E-state index is -0.480. The van der Waals surface area contributed by atoms with Gasteiger partial charge >= 0.3 is 6.03 Å². The molecular formula is C22H27FN4O2. The molecule has 29 heavy (non-hydrogen) atoms. The van der Waals surface area contributed by atoms with E-state index >= 15 is 0 Å². The number of fused-ring (bicyclic) bond motifs is 2. The first kappa shape index (κ1) is 19.8. The Bertz CT molecular complexity index is 920. The molecule has 1 saturated heterocycles. The number of methoxy groups -OCH3 is 1. The molecule has 2 heterocycles. The summed E-state index contributed by atoms with van der Waals surface area (Å²) >= 11 is 0. The fourth-order valence-electron chi connectivity index (χ4n) is 5.06. The van der Waals surface area contributed by atoms with E-state index in [4.69, 9.17) is 4.74 Å². The molecule has 154 valence electrons. The van der Waals surface area contributed by atoms with E-state index in [1.54, 1.807) is 7.11 Å². The van der Waals surface area contributed by atoms with Crippen LogP contribution in [0.4, 0.5) is 14.9 Å². The molecule has 7 heteroatoms. The van der Waals surface area contributed by atoms with Crippen molar-refractivity contribution in [1.82, 2.24) is 14.9 Å². The maximum absolute atomic E-state index is 13.2. The number of piperidine rings is 1. The van der Waals surface area contributed by atoms with Crippen molar-refractivity contribution in [3.8, 4) is 11.4 Å². The van der Waals surface area contributed by atoms with Gasteiger partial charge in [-0.2, -0.15) is 0 Å². The van der Waals surface area contributed by atoms with E-state index in [2.05, 4.69) is 22.2 Å². The van der Waals surface area contributed by atoms with Crippen LogP contribution in [0, 0.1) is 18.7 Å². The van der Waals surface area contributed by atoms with Gasteiger partial charge in [-0.1, -0.05) is 13.0 Å². The van der Waals surface area contributed by atoms with Gasteiger partial charge in [-0.05, 0) is 56.7 Å². The fourth-order valence-corrected chi connectivity index (χ4v) is 5.06. The average molecular weight is 398 g/mol. The molecule has 2 bridgehead atoms. The van der Waals surface area contributed by atoms with Crippen LogP contribution in [0.3, 0.4) is 0 Å². The Morgan fingerprint density at radius 2 is 2.07 bits per heavy atom. The zero-order valence-corrected chi connectivity index (χ0v) is 17.3. The third kappa shape index (κ3) is 3.37. The normalized spacial score (nSPS) is 26.6. The number of urea groups is 1. The van der Waals surface area contributed by atoms with E-state index in [-0.39, 0.29) is 23.7 Å². The number of nitrogens with zero attached hydrogens (tertiary/aromatic N) is 3. The second kappa shape index (κ2) is 7.37. The number of aromatic nitrogens is 2. The third-order valence-electron chi connectivity index (χ3n) is 6.49. The van der Waals surface area contributed by atoms with E-state index < -0.39 is 5.82 Å². The number of carbonyl (C=O) groups excluding carboxylic acids is 1. The van der Waals surface area contributed by atoms with Crippen LogP contribution >= 0.6 is 0 Å². The number of halogens is 1. The van der Waals surface area contributed by atoms with Crippen LogP contribution in [-0.4, -0.2) is 45.7 Å². The Kier molecular flexibility index (Phi) is 5.02. The van der Waals surface area contributed by atoms with Gasteiger partial charge in [-0.3, -0.25) is 0 Å². The highest BCUT2D eigenvalue weighted by molar-refractivity contribution is 5.92. The summed E-state index contributed by atoms with van der Waals surface area (Å²) in [6.45, 7) is 6.22. The Labute approximate surface area is 170 Å². The Hall–Kier alpha value is -2.54. The first-order chi connectivity index (χ1) is 13.8. The monoisotopic (exact) mass is 398 g/mol. The zero-order chi connectivity index (χ0) is 20.8. The lowest BCUT2D eigenvalue weighted by molar-refractivity contribution is -0.155. The molecule has 0 radical (unpaired) electrons. The molecule has 2 aliphatic rings. The van der Waals surface area contributed by atoms with Crippen LogP contribution < -0.4 is 5.32 Å². The van der Waals surface area contributed by atoms with Gasteiger partial charge in [0.1, 0.15) is 0 Å². The van der Waals surface area contributed by atoms with Crippen LogP contribution in [0.15, 0.2) is 30.6 Å². The molecule has 1 aromatic carbocycles. The molecule has 0 spiro atoms. The van der Waals surface area contributed by atoms with Crippen molar-refractivity contribution >= 4 is 11.7 Å². The number of aryl methyl sites for hydroxylation is 1. The highest BCUT2D eigenvalue weighted by atomic mass is 19.1. The lowest BCUT2D eigenvalue weighted by Gasteiger charge is -2.65. The molecule has 1 aliphatic carbocycles. The largest absolute Gasteiger partial charge is 0.379 e. The molecule has 1 aromatic heterocycles. The van der Waals surface area contributed by atoms with Gasteiger partial charge in [0, 0.05) is 24.4 Å². The molecule has 1 aliphatic heterocycles. The van der Waals surface area contributed by atoms with Crippen molar-refractivity contribution in [2.75, 3.05) is 12.4 Å². The predicted octanol–water partition coefficient (Wildman–Crippen LogP) is 4.40. The van der Waals surface area contributed by atoms with Crippen molar-refractivity contribution in [3.63, 3.8) is 0 Å². The topological polar surface area (TPSA) is 67.3 Å². The molecule has 2 amide bonds. The lowest BCUT2D eigenvalue weighted by Crippen LogP contribution is -2.76. The highest BCUT2D eigenvalue weighted by Crippen LogP contribution is 2.52. The van der Waals surface area contributed by atoms with Crippen LogP contribution in [0.5, 0.6) is 0 Å². The molecule has 4 rings (SSSR count). The Morgan fingerprint density at radius 1 is 1.34 bits per heavy atom. The molecule has 2 fully saturated rings. The Morgan fingerprint density at radius 3 is 2.76 bits per heavy atom. The molecule has 6 nitrogen and oxygen atoms in total. The number of likely N-dealkylation sites (tertiary alicyclic amines) is 1. The van der Waals surface area contributed by atoms with E-state index in [1.807, 2.05) is 36.9 Å². The summed E-state index contributed by atoms with van der Waals surface area (Å²) in [5, 5.41) is 3.04. The number of ether oxygens (including phenoxy) is 1. The van der Waals surface area contributed by atoms with Gasteiger partial charge in [-0.15, -0.1) is 0 Å². The first-order valence-electron chi connectivity index (χ1n) is 10.1. The molecular weight excluding hydrogens is 371 g/mol. The maximum atomic E-state index is 13.2. The number of hydrogen-bond donors (Lipinski definition) is 1. The summed E-state index contributed by atoms with van der Waals surface area (Å²) in [5.74, 6) is 0.531. The number of carbonyl (C=O) groups is 1. The molecule has 2 aromatic rings. The quantitative estimate of drug-likeness (QED) is 0.829. The average Bonchev–Trinajstić information content (AvgIpc) is 2.68. The van der Waals surface area contributed by atoms with Crippen LogP contribution in [-0.2, 0) is 4.74 Å². The minimum absolute atomic E-state index is 0.0200. The lowest BCUT2D eigenvalue weighted by atomic mass is 9.62. The van der Waals surface area contributed by atoms with Gasteiger partial charge in [0.2, 0.25) is 0 Å². The van der Waals surface area contributed by atoms with Crippen LogP contribution in [0.1, 0.15) is 38.7 Å². The summed E-state index contributed by atoms with van der Waals surface area (Å²) in [5.41, 5.74) is 2.14. The summed E-state index contributed by atoms with van der Waals surface area (Å²) in [4.78, 5) is 23.3. The zero-order valence-electron chi connectivity index (χ0n) is 17.3. The molecule has 4 atom stereocenters. The number of nitrogens with one attached hydrogen (secondary N) is 1. The first-order valence-corrected chi connectivity index (χ1v) is 10.1. The second-order valence-electron chi connectivity index (χ2n) is 8.44. The standard InChI is InChI=1S/C22H27FN4O2/c1-13-7-18-10-22(9-13,15(3)29-4)27(18)21(28)26-17-6-5-14(2)19(8-17)20-24-11-16(23)12-25-20/h5-6,8,11-13,15,18H,7,9-10H2,1-4H3,(H,26,28)/t13-,15-,18+,22-/m1/s1. The van der Waals surface area contributed by atoms with Crippen molar-refractivity contribution in [3.05, 3.63) is 42.0 Å². The summed E-state index contributed by atoms with van der Waals surface area (Å²) in [6, 6.07) is 5.76. The van der Waals surface area contributed by atoms with Crippen molar-refractivity contribution in [2.45, 2.75) is 57.7 Å². The number of rotatable bonds is 4. The minimum Gasteiger partial charge on any atom is -0.379 e. The number of benzene rings is 1. The van der Waals surface area contributed by atoms with Crippen LogP contribution in [0.25, 0.3) is 11.4 Å². The second-order valence-corrected chi connectivity index (χ2v) is 8.44. The predicted molar refractivity (Wildman–Crippen MR) is 109 cm³/mol. The maximum Gasteiger partial charge on any atom is 0.322 e. The Balaban J connectivity index is 1.57. The van der Waals surface area contributed by atoms with E-state index in [1.165, 1.54) is 0 Å². The number of hydrogen-bond acceptors (Lipinski definition) is 4. The van der Waals surface area contributed by atoms with Crippen molar-refractivity contribution in [1.29, 1.82) is 0 Å². The van der Waals surface area contributed by atoms with Gasteiger partial charge in [0.15, 0.2) is 11.6 Å². The molecule has 1 saturated carbocycles. The van der Waals surface area contributed by atoms with Crippen LogP contribution in [0.2, 0.25) is 0 Å². The number of amides is 2. The fraction of sp³-hybridized carbons (Fsp3) is 0.500. The van der Waals surface area contributed by atoms with Crippen molar-refractivity contribution < 1.29 is 13.9 Å². The van der Waals surface area contributed by atoms with Crippen molar-refractivity contribution in [2.24, 2.45) is 5.92 Å². The summed E-state index contributed by atoms with van der Waals surface area (Å²) in [7, 11) is 1.71. The van der Waals surface area contributed by atoms with Gasteiger partial charge in [0.05, 0.1) is 24.0 Å². The summed E-state index contributed by atoms with van der Waals surface area (Å²) < 4.78 is 18.8.